The van der Waals surface area contributed by atoms with Gasteiger partial charge in [-0.1, -0.05) is 37.2 Å². The highest BCUT2D eigenvalue weighted by Gasteiger charge is 2.13. The second-order valence-corrected chi connectivity index (χ2v) is 7.27. The topological polar surface area (TPSA) is 30.7 Å². The molecule has 120 valence electrons. The summed E-state index contributed by atoms with van der Waals surface area (Å²) in [6.45, 7) is 2.18. The van der Waals surface area contributed by atoms with Crippen LogP contribution in [0, 0.1) is 5.82 Å². The van der Waals surface area contributed by atoms with Gasteiger partial charge in [0.1, 0.15) is 5.82 Å². The van der Waals surface area contributed by atoms with Gasteiger partial charge in [0.15, 0.2) is 11.0 Å². The van der Waals surface area contributed by atoms with E-state index in [1.165, 1.54) is 10.9 Å². The van der Waals surface area contributed by atoms with E-state index in [0.29, 0.717) is 5.75 Å². The Balaban J connectivity index is 1.73. The lowest BCUT2D eigenvalue weighted by atomic mass is 10.2. The van der Waals surface area contributed by atoms with E-state index in [9.17, 15) is 4.39 Å². The number of thiophene rings is 1. The number of thioether (sulfide) groups is 1. The van der Waals surface area contributed by atoms with Crippen molar-refractivity contribution < 1.29 is 4.39 Å². The van der Waals surface area contributed by atoms with E-state index < -0.39 is 0 Å². The zero-order valence-corrected chi connectivity index (χ0v) is 14.8. The third-order valence-corrected chi connectivity index (χ3v) is 5.59. The van der Waals surface area contributed by atoms with Crippen LogP contribution in [-0.4, -0.2) is 14.8 Å². The van der Waals surface area contributed by atoms with E-state index in [1.54, 1.807) is 35.2 Å². The molecule has 0 aliphatic heterocycles. The lowest BCUT2D eigenvalue weighted by Crippen LogP contribution is -1.94. The number of aromatic nitrogens is 3. The maximum Gasteiger partial charge on any atom is 0.191 e. The van der Waals surface area contributed by atoms with Crippen LogP contribution in [0.2, 0.25) is 0 Å². The van der Waals surface area contributed by atoms with Crippen molar-refractivity contribution in [2.75, 3.05) is 0 Å². The minimum Gasteiger partial charge on any atom is -0.305 e. The van der Waals surface area contributed by atoms with Gasteiger partial charge < -0.3 is 4.57 Å². The summed E-state index contributed by atoms with van der Waals surface area (Å²) < 4.78 is 15.2. The van der Waals surface area contributed by atoms with Crippen molar-refractivity contribution in [3.63, 3.8) is 0 Å². The molecule has 0 N–H and O–H groups in total. The molecule has 0 saturated heterocycles. The molecule has 0 spiro atoms. The third kappa shape index (κ3) is 3.82. The second-order valence-electron chi connectivity index (χ2n) is 5.34. The van der Waals surface area contributed by atoms with Gasteiger partial charge in [0.2, 0.25) is 0 Å². The molecular formula is C17H18FN3S2. The quantitative estimate of drug-likeness (QED) is 0.593. The van der Waals surface area contributed by atoms with E-state index in [1.807, 2.05) is 17.7 Å². The molecule has 3 aromatic rings. The number of hydrogen-bond donors (Lipinski definition) is 0. The molecule has 0 bridgehead atoms. The molecule has 3 rings (SSSR count). The molecule has 0 aliphatic rings. The van der Waals surface area contributed by atoms with Gasteiger partial charge in [-0.05, 0) is 30.2 Å². The van der Waals surface area contributed by atoms with Gasteiger partial charge in [-0.2, -0.15) is 0 Å². The zero-order chi connectivity index (χ0) is 16.2. The normalized spacial score (nSPS) is 11.1. The van der Waals surface area contributed by atoms with Crippen molar-refractivity contribution in [3.8, 4) is 11.4 Å². The Bertz CT molecular complexity index is 795. The van der Waals surface area contributed by atoms with E-state index in [2.05, 4.69) is 28.6 Å². The molecule has 0 atom stereocenters. The third-order valence-electron chi connectivity index (χ3n) is 3.50. The summed E-state index contributed by atoms with van der Waals surface area (Å²) in [5.74, 6) is 1.35. The molecule has 3 nitrogen and oxygen atoms in total. The summed E-state index contributed by atoms with van der Waals surface area (Å²) in [6, 6.07) is 8.86. The number of aryl methyl sites for hydroxylation is 1. The van der Waals surface area contributed by atoms with Crippen LogP contribution in [0.15, 0.2) is 40.9 Å². The van der Waals surface area contributed by atoms with Gasteiger partial charge >= 0.3 is 0 Å². The molecule has 1 aromatic carbocycles. The van der Waals surface area contributed by atoms with E-state index in [4.69, 9.17) is 0 Å². The Morgan fingerprint density at radius 2 is 2.13 bits per heavy atom. The maximum absolute atomic E-state index is 13.2. The first kappa shape index (κ1) is 16.2. The number of hydrogen-bond acceptors (Lipinski definition) is 4. The van der Waals surface area contributed by atoms with E-state index >= 15 is 0 Å². The van der Waals surface area contributed by atoms with Crippen LogP contribution in [0.25, 0.3) is 11.4 Å². The Kier molecular flexibility index (Phi) is 5.13. The van der Waals surface area contributed by atoms with Crippen LogP contribution >= 0.6 is 23.1 Å². The number of halogens is 1. The molecular weight excluding hydrogens is 329 g/mol. The first-order valence-corrected chi connectivity index (χ1v) is 9.38. The fourth-order valence-electron chi connectivity index (χ4n) is 2.34. The summed E-state index contributed by atoms with van der Waals surface area (Å²) in [4.78, 5) is 1.37. The zero-order valence-electron chi connectivity index (χ0n) is 13.1. The van der Waals surface area contributed by atoms with Crippen LogP contribution in [0.3, 0.4) is 0 Å². The molecule has 0 saturated carbocycles. The lowest BCUT2D eigenvalue weighted by molar-refractivity contribution is 0.626. The highest BCUT2D eigenvalue weighted by molar-refractivity contribution is 7.98. The fourth-order valence-corrected chi connectivity index (χ4v) is 4.16. The van der Waals surface area contributed by atoms with Gasteiger partial charge in [-0.25, -0.2) is 4.39 Å². The Hall–Kier alpha value is -1.66. The summed E-state index contributed by atoms with van der Waals surface area (Å²) in [6.07, 6.45) is 2.25. The Labute approximate surface area is 143 Å². The summed E-state index contributed by atoms with van der Waals surface area (Å²) in [7, 11) is 1.97. The van der Waals surface area contributed by atoms with Crippen LogP contribution in [0.1, 0.15) is 23.8 Å². The standard InChI is InChI=1S/C17H18FN3S2/c1-3-5-15-9-13(11-22-15)16-19-20-17(21(16)2)23-10-12-6-4-7-14(18)8-12/h4,6-9,11H,3,5,10H2,1-2H3. The molecule has 6 heteroatoms. The second kappa shape index (κ2) is 7.27. The minimum absolute atomic E-state index is 0.205. The van der Waals surface area contributed by atoms with Crippen LogP contribution < -0.4 is 0 Å². The summed E-state index contributed by atoms with van der Waals surface area (Å²) in [5.41, 5.74) is 2.06. The predicted molar refractivity (Wildman–Crippen MR) is 94.3 cm³/mol. The van der Waals surface area contributed by atoms with Crippen molar-refractivity contribution in [2.45, 2.75) is 30.7 Å². The highest BCUT2D eigenvalue weighted by Crippen LogP contribution is 2.28. The molecule has 0 aliphatic carbocycles. The van der Waals surface area contributed by atoms with Crippen molar-refractivity contribution in [1.82, 2.24) is 14.8 Å². The number of benzene rings is 1. The predicted octanol–water partition coefficient (Wildman–Crippen LogP) is 4.93. The van der Waals surface area contributed by atoms with Gasteiger partial charge in [0.05, 0.1) is 0 Å². The largest absolute Gasteiger partial charge is 0.305 e. The van der Waals surface area contributed by atoms with Crippen LogP contribution in [-0.2, 0) is 19.2 Å². The van der Waals surface area contributed by atoms with Gasteiger partial charge in [0.25, 0.3) is 0 Å². The summed E-state index contributed by atoms with van der Waals surface area (Å²) >= 11 is 3.34. The van der Waals surface area contributed by atoms with Crippen molar-refractivity contribution >= 4 is 23.1 Å². The molecule has 23 heavy (non-hydrogen) atoms. The Morgan fingerprint density at radius 3 is 2.91 bits per heavy atom. The molecule has 0 unspecified atom stereocenters. The first-order valence-electron chi connectivity index (χ1n) is 7.51. The highest BCUT2D eigenvalue weighted by atomic mass is 32.2. The smallest absolute Gasteiger partial charge is 0.191 e. The van der Waals surface area contributed by atoms with Gasteiger partial charge in [-0.15, -0.1) is 21.5 Å². The number of nitrogens with zero attached hydrogens (tertiary/aromatic N) is 3. The fraction of sp³-hybridized carbons (Fsp3) is 0.294. The number of rotatable bonds is 6. The molecule has 2 aromatic heterocycles. The minimum atomic E-state index is -0.205. The first-order chi connectivity index (χ1) is 11.2. The monoisotopic (exact) mass is 347 g/mol. The van der Waals surface area contributed by atoms with Crippen LogP contribution in [0.5, 0.6) is 0 Å². The van der Waals surface area contributed by atoms with Gasteiger partial charge in [0, 0.05) is 28.6 Å². The molecule has 0 radical (unpaired) electrons. The van der Waals surface area contributed by atoms with Crippen molar-refractivity contribution in [1.29, 1.82) is 0 Å². The molecule has 0 fully saturated rings. The van der Waals surface area contributed by atoms with E-state index in [-0.39, 0.29) is 5.82 Å². The van der Waals surface area contributed by atoms with E-state index in [0.717, 1.165) is 34.9 Å². The van der Waals surface area contributed by atoms with Gasteiger partial charge in [-0.3, -0.25) is 0 Å². The summed E-state index contributed by atoms with van der Waals surface area (Å²) in [5, 5.41) is 11.6. The molecule has 0 amide bonds. The molecule has 2 heterocycles. The maximum atomic E-state index is 13.2. The Morgan fingerprint density at radius 1 is 1.26 bits per heavy atom. The average Bonchev–Trinajstić information content (AvgIpc) is 3.13. The van der Waals surface area contributed by atoms with Crippen LogP contribution in [0.4, 0.5) is 4.39 Å². The van der Waals surface area contributed by atoms with Crippen molar-refractivity contribution in [2.24, 2.45) is 7.05 Å². The average molecular weight is 347 g/mol. The van der Waals surface area contributed by atoms with Crippen molar-refractivity contribution in [3.05, 3.63) is 52.0 Å². The SMILES string of the molecule is CCCc1cc(-c2nnc(SCc3cccc(F)c3)n2C)cs1. The lowest BCUT2D eigenvalue weighted by Gasteiger charge is -2.03.